The van der Waals surface area contributed by atoms with Crippen LogP contribution in [0.15, 0.2) is 65.6 Å². The van der Waals surface area contributed by atoms with Crippen LogP contribution in [0.5, 0.6) is 5.88 Å². The van der Waals surface area contributed by atoms with Crippen molar-refractivity contribution in [1.29, 1.82) is 0 Å². The van der Waals surface area contributed by atoms with Gasteiger partial charge < -0.3 is 19.9 Å². The Morgan fingerprint density at radius 1 is 1.19 bits per heavy atom. The van der Waals surface area contributed by atoms with E-state index in [9.17, 15) is 14.7 Å². The van der Waals surface area contributed by atoms with Crippen LogP contribution >= 0.6 is 0 Å². The van der Waals surface area contributed by atoms with Gasteiger partial charge in [0.1, 0.15) is 18.1 Å². The summed E-state index contributed by atoms with van der Waals surface area (Å²) >= 11 is 0. The molecule has 2 N–H and O–H groups in total. The van der Waals surface area contributed by atoms with E-state index in [0.717, 1.165) is 16.3 Å². The molecule has 226 valence electrons. The lowest BCUT2D eigenvalue weighted by atomic mass is 9.89. The summed E-state index contributed by atoms with van der Waals surface area (Å²) in [5.41, 5.74) is 2.82. The molecule has 0 bridgehead atoms. The van der Waals surface area contributed by atoms with E-state index in [0.29, 0.717) is 46.3 Å². The molecule has 10 nitrogen and oxygen atoms in total. The highest BCUT2D eigenvalue weighted by Gasteiger charge is 2.26. The molecule has 0 aliphatic heterocycles. The smallest absolute Gasteiger partial charge is 0.350 e. The minimum Gasteiger partial charge on any atom is -0.481 e. The van der Waals surface area contributed by atoms with E-state index in [1.54, 1.807) is 33.9 Å². The third kappa shape index (κ3) is 6.58. The van der Waals surface area contributed by atoms with Gasteiger partial charge in [-0.25, -0.2) is 14.2 Å². The second kappa shape index (κ2) is 13.6. The number of pyridine rings is 1. The molecule has 1 atom stereocenters. The number of nitrogens with zero attached hydrogens (tertiary/aromatic N) is 4. The number of amides is 1. The van der Waals surface area contributed by atoms with Gasteiger partial charge in [-0.3, -0.25) is 9.36 Å². The highest BCUT2D eigenvalue weighted by Crippen LogP contribution is 2.32. The van der Waals surface area contributed by atoms with E-state index < -0.39 is 29.9 Å². The van der Waals surface area contributed by atoms with Gasteiger partial charge in [0.05, 0.1) is 26.0 Å². The summed E-state index contributed by atoms with van der Waals surface area (Å²) in [5, 5.41) is 17.5. The van der Waals surface area contributed by atoms with Gasteiger partial charge >= 0.3 is 5.69 Å². The quantitative estimate of drug-likeness (QED) is 0.227. The number of aliphatic hydroxyl groups is 1. The number of ether oxygens (including phenoxy) is 2. The monoisotopic (exact) mass is 589 g/mol. The summed E-state index contributed by atoms with van der Waals surface area (Å²) in [6, 6.07) is 12.0. The molecule has 1 amide bonds. The first-order valence-corrected chi connectivity index (χ1v) is 13.8. The van der Waals surface area contributed by atoms with Gasteiger partial charge in [-0.2, -0.15) is 4.68 Å². The molecule has 4 rings (SSSR count). The number of benzene rings is 2. The van der Waals surface area contributed by atoms with Crippen molar-refractivity contribution in [2.24, 2.45) is 0 Å². The van der Waals surface area contributed by atoms with Gasteiger partial charge in [0, 0.05) is 29.8 Å². The molecule has 0 aliphatic carbocycles. The Morgan fingerprint density at radius 3 is 2.53 bits per heavy atom. The SMILES string of the molecule is C=C(C)C(CO)c1cc(-n2nc(COCc3ccccc3)n(CC)c2=O)c(F)cc1C(=O)Nc1c(C)cnc(OC)c1C. The van der Waals surface area contributed by atoms with Crippen LogP contribution < -0.4 is 15.7 Å². The number of methoxy groups -OCH3 is 1. The summed E-state index contributed by atoms with van der Waals surface area (Å²) < 4.78 is 29.3. The van der Waals surface area contributed by atoms with Crippen molar-refractivity contribution in [3.63, 3.8) is 0 Å². The zero-order valence-corrected chi connectivity index (χ0v) is 25.0. The molecule has 0 fully saturated rings. The molecule has 11 heteroatoms. The third-order valence-electron chi connectivity index (χ3n) is 7.24. The molecular formula is C32H36FN5O5. The number of carbonyl (C=O) groups is 1. The summed E-state index contributed by atoms with van der Waals surface area (Å²) in [6.45, 7) is 11.2. The Balaban J connectivity index is 1.76. The molecule has 0 spiro atoms. The minimum absolute atomic E-state index is 0.0210. The zero-order chi connectivity index (χ0) is 31.3. The first-order valence-electron chi connectivity index (χ1n) is 13.8. The number of halogens is 1. The Kier molecular flexibility index (Phi) is 9.89. The summed E-state index contributed by atoms with van der Waals surface area (Å²) in [5.74, 6) is -1.50. The Hall–Kier alpha value is -4.61. The highest BCUT2D eigenvalue weighted by atomic mass is 19.1. The average molecular weight is 590 g/mol. The fourth-order valence-corrected chi connectivity index (χ4v) is 4.90. The summed E-state index contributed by atoms with van der Waals surface area (Å²) in [6.07, 6.45) is 1.56. The number of aryl methyl sites for hydroxylation is 1. The van der Waals surface area contributed by atoms with Gasteiger partial charge in [-0.1, -0.05) is 42.5 Å². The zero-order valence-electron chi connectivity index (χ0n) is 25.0. The van der Waals surface area contributed by atoms with E-state index in [4.69, 9.17) is 9.47 Å². The topological polar surface area (TPSA) is 120 Å². The average Bonchev–Trinajstić information content (AvgIpc) is 3.30. The highest BCUT2D eigenvalue weighted by molar-refractivity contribution is 6.06. The molecule has 0 saturated heterocycles. The van der Waals surface area contributed by atoms with Crippen LogP contribution in [0.25, 0.3) is 5.69 Å². The molecule has 2 heterocycles. The standard InChI is InChI=1S/C32H36FN5O5/c1-7-37-28(18-43-17-22-11-9-8-10-12-22)36-38(32(37)41)27-14-23(25(16-39)19(2)3)24(13-26(27)33)30(40)35-29-20(4)15-34-31(42-6)21(29)5/h8-15,25,39H,2,7,16-18H2,1,3-6H3,(H,34,35,40). The Morgan fingerprint density at radius 2 is 1.91 bits per heavy atom. The first kappa shape index (κ1) is 31.3. The largest absolute Gasteiger partial charge is 0.481 e. The second-order valence-electron chi connectivity index (χ2n) is 10.2. The molecule has 2 aromatic carbocycles. The van der Waals surface area contributed by atoms with E-state index in [-0.39, 0.29) is 24.4 Å². The Labute approximate surface area is 249 Å². The van der Waals surface area contributed by atoms with Crippen molar-refractivity contribution in [3.8, 4) is 11.6 Å². The van der Waals surface area contributed by atoms with Crippen LogP contribution in [0.1, 0.15) is 58.2 Å². The fraction of sp³-hybridized carbons (Fsp3) is 0.312. The molecular weight excluding hydrogens is 553 g/mol. The lowest BCUT2D eigenvalue weighted by Crippen LogP contribution is -2.26. The molecule has 0 aliphatic rings. The molecule has 2 aromatic heterocycles. The van der Waals surface area contributed by atoms with Crippen molar-refractivity contribution in [1.82, 2.24) is 19.3 Å². The maximum atomic E-state index is 15.8. The molecule has 0 saturated carbocycles. The molecule has 0 radical (unpaired) electrons. The predicted octanol–water partition coefficient (Wildman–Crippen LogP) is 4.83. The van der Waals surface area contributed by atoms with Gasteiger partial charge in [0.15, 0.2) is 5.82 Å². The minimum atomic E-state index is -0.840. The van der Waals surface area contributed by atoms with Gasteiger partial charge in [0.2, 0.25) is 5.88 Å². The van der Waals surface area contributed by atoms with Crippen molar-refractivity contribution < 1.29 is 23.8 Å². The van der Waals surface area contributed by atoms with Gasteiger partial charge in [0.25, 0.3) is 5.91 Å². The maximum absolute atomic E-state index is 15.8. The molecule has 43 heavy (non-hydrogen) atoms. The van der Waals surface area contributed by atoms with Crippen LogP contribution in [0.3, 0.4) is 0 Å². The Bertz CT molecular complexity index is 1700. The van der Waals surface area contributed by atoms with Gasteiger partial charge in [-0.15, -0.1) is 5.10 Å². The van der Waals surface area contributed by atoms with E-state index in [1.165, 1.54) is 17.7 Å². The number of aliphatic hydroxyl groups excluding tert-OH is 1. The number of carbonyl (C=O) groups excluding carboxylic acids is 1. The summed E-state index contributed by atoms with van der Waals surface area (Å²) in [7, 11) is 1.48. The van der Waals surface area contributed by atoms with Crippen molar-refractivity contribution in [2.45, 2.75) is 53.4 Å². The lowest BCUT2D eigenvalue weighted by molar-refractivity contribution is 0.0989. The number of hydrogen-bond donors (Lipinski definition) is 2. The number of aromatic nitrogens is 4. The number of anilines is 1. The van der Waals surface area contributed by atoms with Crippen molar-refractivity contribution >= 4 is 11.6 Å². The third-order valence-corrected chi connectivity index (χ3v) is 7.24. The molecule has 1 unspecified atom stereocenters. The first-order chi connectivity index (χ1) is 20.6. The molecule has 4 aromatic rings. The normalized spacial score (nSPS) is 11.8. The van der Waals surface area contributed by atoms with Crippen LogP contribution in [0, 0.1) is 19.7 Å². The van der Waals surface area contributed by atoms with E-state index in [2.05, 4.69) is 22.0 Å². The fourth-order valence-electron chi connectivity index (χ4n) is 4.90. The lowest BCUT2D eigenvalue weighted by Gasteiger charge is -2.21. The maximum Gasteiger partial charge on any atom is 0.350 e. The van der Waals surface area contributed by atoms with Crippen LogP contribution in [0.2, 0.25) is 0 Å². The predicted molar refractivity (Wildman–Crippen MR) is 161 cm³/mol. The number of hydrogen-bond acceptors (Lipinski definition) is 7. The number of nitrogens with one attached hydrogen (secondary N) is 1. The van der Waals surface area contributed by atoms with Crippen molar-refractivity contribution in [3.05, 3.63) is 111 Å². The van der Waals surface area contributed by atoms with E-state index in [1.807, 2.05) is 30.3 Å². The van der Waals surface area contributed by atoms with Gasteiger partial charge in [-0.05, 0) is 56.5 Å². The van der Waals surface area contributed by atoms with Crippen LogP contribution in [0.4, 0.5) is 10.1 Å². The van der Waals surface area contributed by atoms with Crippen molar-refractivity contribution in [2.75, 3.05) is 19.0 Å². The summed E-state index contributed by atoms with van der Waals surface area (Å²) in [4.78, 5) is 31.2. The van der Waals surface area contributed by atoms with Crippen LogP contribution in [-0.4, -0.2) is 44.1 Å². The van der Waals surface area contributed by atoms with E-state index >= 15 is 4.39 Å². The van der Waals surface area contributed by atoms with Crippen LogP contribution in [-0.2, 0) is 24.5 Å². The number of rotatable bonds is 12. The second-order valence-corrected chi connectivity index (χ2v) is 10.2.